The normalized spacial score (nSPS) is 25.8. The monoisotopic (exact) mass is 349 g/mol. The lowest BCUT2D eigenvalue weighted by molar-refractivity contribution is -0.147. The molecule has 0 saturated carbocycles. The van der Waals surface area contributed by atoms with Crippen LogP contribution >= 0.6 is 0 Å². The molecule has 3 atom stereocenters. The van der Waals surface area contributed by atoms with Crippen molar-refractivity contribution in [3.63, 3.8) is 0 Å². The molecule has 0 spiro atoms. The molecule has 1 aromatic heterocycles. The topological polar surface area (TPSA) is 56.6 Å². The molecule has 0 bridgehead atoms. The van der Waals surface area contributed by atoms with Crippen LogP contribution in [0.25, 0.3) is 0 Å². The number of aromatic nitrogens is 2. The van der Waals surface area contributed by atoms with Gasteiger partial charge in [0.25, 0.3) is 5.91 Å². The molecule has 2 aliphatic rings. The van der Waals surface area contributed by atoms with Crippen LogP contribution < -0.4 is 0 Å². The molecule has 2 saturated heterocycles. The Kier molecular flexibility index (Phi) is 6.48. The molecule has 0 radical (unpaired) electrons. The van der Waals surface area contributed by atoms with Crippen molar-refractivity contribution in [3.8, 4) is 0 Å². The van der Waals surface area contributed by atoms with Crippen molar-refractivity contribution in [3.05, 3.63) is 18.2 Å². The van der Waals surface area contributed by atoms with Gasteiger partial charge in [-0.3, -0.25) is 4.79 Å². The summed E-state index contributed by atoms with van der Waals surface area (Å²) in [6.07, 6.45) is 10.0. The highest BCUT2D eigenvalue weighted by Crippen LogP contribution is 2.24. The number of piperidine rings is 1. The maximum absolute atomic E-state index is 12.8. The van der Waals surface area contributed by atoms with E-state index >= 15 is 0 Å². The lowest BCUT2D eigenvalue weighted by atomic mass is 10.0. The smallest absolute Gasteiger partial charge is 0.251 e. The van der Waals surface area contributed by atoms with Crippen LogP contribution in [0.15, 0.2) is 12.4 Å². The lowest BCUT2D eigenvalue weighted by Crippen LogP contribution is -2.46. The predicted molar refractivity (Wildman–Crippen MR) is 95.5 cm³/mol. The van der Waals surface area contributed by atoms with Gasteiger partial charge in [-0.25, -0.2) is 4.98 Å². The number of nitrogens with zero attached hydrogens (tertiary/aromatic N) is 3. The second-order valence-electron chi connectivity index (χ2n) is 7.15. The maximum Gasteiger partial charge on any atom is 0.251 e. The second kappa shape index (κ2) is 8.81. The Hall–Kier alpha value is -1.40. The maximum atomic E-state index is 12.8. The zero-order valence-electron chi connectivity index (χ0n) is 15.5. The average molecular weight is 349 g/mol. The van der Waals surface area contributed by atoms with Crippen LogP contribution in [0, 0.1) is 0 Å². The first-order chi connectivity index (χ1) is 12.2. The third kappa shape index (κ3) is 4.61. The quantitative estimate of drug-likeness (QED) is 0.792. The van der Waals surface area contributed by atoms with E-state index in [1.54, 1.807) is 0 Å². The van der Waals surface area contributed by atoms with Gasteiger partial charge in [0, 0.05) is 38.5 Å². The first-order valence-electron chi connectivity index (χ1n) is 9.72. The van der Waals surface area contributed by atoms with Crippen molar-refractivity contribution < 1.29 is 14.3 Å². The summed E-state index contributed by atoms with van der Waals surface area (Å²) in [5, 5.41) is 0. The Morgan fingerprint density at radius 2 is 2.28 bits per heavy atom. The minimum Gasteiger partial charge on any atom is -0.376 e. The molecular formula is C19H31N3O3. The molecule has 6 heteroatoms. The summed E-state index contributed by atoms with van der Waals surface area (Å²) in [6, 6.07) is 0.323. The summed E-state index contributed by atoms with van der Waals surface area (Å²) in [7, 11) is 0. The fraction of sp³-hybridized carbons (Fsp3) is 0.789. The lowest BCUT2D eigenvalue weighted by Gasteiger charge is -2.35. The number of hydrogen-bond acceptors (Lipinski definition) is 4. The van der Waals surface area contributed by atoms with Crippen LogP contribution in [0.2, 0.25) is 0 Å². The third-order valence-corrected chi connectivity index (χ3v) is 5.32. The molecule has 0 N–H and O–H groups in total. The van der Waals surface area contributed by atoms with E-state index in [2.05, 4.69) is 16.5 Å². The van der Waals surface area contributed by atoms with E-state index in [4.69, 9.17) is 9.47 Å². The highest BCUT2D eigenvalue weighted by molar-refractivity contribution is 5.80. The van der Waals surface area contributed by atoms with Crippen molar-refractivity contribution in [2.45, 2.75) is 70.6 Å². The van der Waals surface area contributed by atoms with E-state index in [9.17, 15) is 4.79 Å². The van der Waals surface area contributed by atoms with E-state index in [1.807, 2.05) is 24.2 Å². The molecule has 2 fully saturated rings. The number of likely N-dealkylation sites (tertiary alicyclic amines) is 1. The second-order valence-corrected chi connectivity index (χ2v) is 7.15. The number of amides is 1. The van der Waals surface area contributed by atoms with Crippen LogP contribution in [0.5, 0.6) is 0 Å². The van der Waals surface area contributed by atoms with Crippen LogP contribution in [-0.4, -0.2) is 58.9 Å². The molecule has 140 valence electrons. The summed E-state index contributed by atoms with van der Waals surface area (Å²) in [5.41, 5.74) is 0. The van der Waals surface area contributed by atoms with Gasteiger partial charge in [-0.2, -0.15) is 0 Å². The van der Waals surface area contributed by atoms with Gasteiger partial charge in [-0.1, -0.05) is 6.92 Å². The van der Waals surface area contributed by atoms with Crippen molar-refractivity contribution in [1.82, 2.24) is 14.5 Å². The van der Waals surface area contributed by atoms with Gasteiger partial charge in [0.1, 0.15) is 11.9 Å². The summed E-state index contributed by atoms with van der Waals surface area (Å²) in [5.74, 6) is 1.19. The van der Waals surface area contributed by atoms with E-state index in [1.165, 1.54) is 6.42 Å². The average Bonchev–Trinajstić information content (AvgIpc) is 3.15. The molecule has 0 aromatic carbocycles. The minimum atomic E-state index is -0.405. The number of hydrogen-bond donors (Lipinski definition) is 0. The summed E-state index contributed by atoms with van der Waals surface area (Å²) in [4.78, 5) is 19.2. The fourth-order valence-electron chi connectivity index (χ4n) is 3.85. The highest BCUT2D eigenvalue weighted by Gasteiger charge is 2.29. The first-order valence-corrected chi connectivity index (χ1v) is 9.72. The molecule has 1 amide bonds. The molecule has 25 heavy (non-hydrogen) atoms. The van der Waals surface area contributed by atoms with E-state index in [-0.39, 0.29) is 12.0 Å². The largest absolute Gasteiger partial charge is 0.376 e. The number of ether oxygens (including phenoxy) is 2. The van der Waals surface area contributed by atoms with Gasteiger partial charge in [0.05, 0.1) is 18.8 Å². The van der Waals surface area contributed by atoms with Crippen LogP contribution in [0.4, 0.5) is 0 Å². The van der Waals surface area contributed by atoms with Crippen LogP contribution in [0.1, 0.15) is 57.8 Å². The fourth-order valence-corrected chi connectivity index (χ4v) is 3.85. The molecule has 2 aliphatic heterocycles. The van der Waals surface area contributed by atoms with Gasteiger partial charge in [-0.15, -0.1) is 0 Å². The Balaban J connectivity index is 1.52. The zero-order chi connectivity index (χ0) is 17.6. The Labute approximate surface area is 150 Å². The predicted octanol–water partition coefficient (Wildman–Crippen LogP) is 2.58. The van der Waals surface area contributed by atoms with Gasteiger partial charge >= 0.3 is 0 Å². The van der Waals surface area contributed by atoms with Gasteiger partial charge < -0.3 is 18.9 Å². The Morgan fingerprint density at radius 1 is 1.40 bits per heavy atom. The van der Waals surface area contributed by atoms with E-state index in [0.717, 1.165) is 57.6 Å². The Bertz CT molecular complexity index is 554. The van der Waals surface area contributed by atoms with Crippen molar-refractivity contribution >= 4 is 5.91 Å². The van der Waals surface area contributed by atoms with E-state index < -0.39 is 6.10 Å². The summed E-state index contributed by atoms with van der Waals surface area (Å²) < 4.78 is 13.8. The van der Waals surface area contributed by atoms with E-state index in [0.29, 0.717) is 12.6 Å². The number of carbonyl (C=O) groups excluding carboxylic acids is 1. The highest BCUT2D eigenvalue weighted by atomic mass is 16.5. The molecule has 3 heterocycles. The standard InChI is InChI=1S/C19H31N3O3/c1-3-18-20-9-11-22(18)16-7-6-10-21(13-16)19(23)15(2)25-14-17-8-4-5-12-24-17/h9,11,15-17H,3-8,10,12-14H2,1-2H3/t15-,16-,17-/m1/s1. The van der Waals surface area contributed by atoms with Crippen LogP contribution in [0.3, 0.4) is 0 Å². The molecule has 0 aliphatic carbocycles. The van der Waals surface area contributed by atoms with Crippen LogP contribution in [-0.2, 0) is 20.7 Å². The van der Waals surface area contributed by atoms with Crippen molar-refractivity contribution in [2.24, 2.45) is 0 Å². The Morgan fingerprint density at radius 3 is 3.04 bits per heavy atom. The number of carbonyl (C=O) groups is 1. The molecule has 6 nitrogen and oxygen atoms in total. The van der Waals surface area contributed by atoms with Gasteiger partial charge in [0.15, 0.2) is 0 Å². The molecular weight excluding hydrogens is 318 g/mol. The summed E-state index contributed by atoms with van der Waals surface area (Å²) >= 11 is 0. The van der Waals surface area contributed by atoms with Gasteiger partial charge in [-0.05, 0) is 39.0 Å². The summed E-state index contributed by atoms with van der Waals surface area (Å²) in [6.45, 7) is 6.88. The first kappa shape index (κ1) is 18.4. The third-order valence-electron chi connectivity index (χ3n) is 5.32. The number of rotatable bonds is 6. The molecule has 1 aromatic rings. The molecule has 3 rings (SSSR count). The van der Waals surface area contributed by atoms with Crippen molar-refractivity contribution in [1.29, 1.82) is 0 Å². The number of imidazole rings is 1. The van der Waals surface area contributed by atoms with Crippen molar-refractivity contribution in [2.75, 3.05) is 26.3 Å². The minimum absolute atomic E-state index is 0.0960. The zero-order valence-corrected chi connectivity index (χ0v) is 15.5. The number of aryl methyl sites for hydroxylation is 1. The SMILES string of the molecule is CCc1nccn1[C@@H]1CCCN(C(=O)[C@@H](C)OC[C@H]2CCCCO2)C1. The van der Waals surface area contributed by atoms with Gasteiger partial charge in [0.2, 0.25) is 0 Å². The molecule has 0 unspecified atom stereocenters.